The van der Waals surface area contributed by atoms with Crippen molar-refractivity contribution < 1.29 is 9.48 Å². The van der Waals surface area contributed by atoms with Crippen LogP contribution < -0.4 is 5.43 Å². The molecule has 0 spiro atoms. The maximum absolute atomic E-state index is 11.2. The summed E-state index contributed by atoms with van der Waals surface area (Å²) in [6.07, 6.45) is 0. The largest absolute Gasteiger partial charge is 0.342 e. The van der Waals surface area contributed by atoms with Crippen LogP contribution in [0.25, 0.3) is 0 Å². The smallest absolute Gasteiger partial charge is 0.262 e. The molecule has 0 saturated carbocycles. The van der Waals surface area contributed by atoms with Crippen LogP contribution in [0.15, 0.2) is 59.1 Å². The van der Waals surface area contributed by atoms with Crippen molar-refractivity contribution in [2.24, 2.45) is 0 Å². The molecular formula is C15H12BrN2O+. The summed E-state index contributed by atoms with van der Waals surface area (Å²) in [6.45, 7) is 0.403. The van der Waals surface area contributed by atoms with Gasteiger partial charge in [-0.25, -0.2) is 0 Å². The van der Waals surface area contributed by atoms with Crippen LogP contribution in [0.1, 0.15) is 11.1 Å². The molecule has 0 unspecified atom stereocenters. The molecule has 1 heterocycles. The molecule has 0 aliphatic carbocycles. The number of carbonyl (C=O) groups excluding carboxylic acids is 1. The van der Waals surface area contributed by atoms with Crippen molar-refractivity contribution in [3.63, 3.8) is 0 Å². The maximum atomic E-state index is 11.2. The average molecular weight is 316 g/mol. The van der Waals surface area contributed by atoms with Gasteiger partial charge in [0.05, 0.1) is 0 Å². The molecule has 0 radical (unpaired) electrons. The quantitative estimate of drug-likeness (QED) is 0.848. The third-order valence-electron chi connectivity index (χ3n) is 3.00. The highest BCUT2D eigenvalue weighted by molar-refractivity contribution is 9.10. The molecule has 4 heteroatoms. The van der Waals surface area contributed by atoms with E-state index in [0.29, 0.717) is 6.54 Å². The lowest BCUT2D eigenvalue weighted by molar-refractivity contribution is -0.601. The second-order valence-corrected chi connectivity index (χ2v) is 5.26. The van der Waals surface area contributed by atoms with Gasteiger partial charge in [-0.15, -0.1) is 5.43 Å². The SMILES string of the molecule is O=C1C/[N+](=C(\c2ccccc2)c2ccc(Br)cc2)N1. The van der Waals surface area contributed by atoms with Crippen LogP contribution in [0.5, 0.6) is 0 Å². The van der Waals surface area contributed by atoms with Crippen LogP contribution in [-0.2, 0) is 4.79 Å². The summed E-state index contributed by atoms with van der Waals surface area (Å²) < 4.78 is 2.91. The number of halogens is 1. The van der Waals surface area contributed by atoms with Gasteiger partial charge in [0.15, 0.2) is 0 Å². The van der Waals surface area contributed by atoms with Gasteiger partial charge in [-0.1, -0.05) is 38.8 Å². The van der Waals surface area contributed by atoms with E-state index in [9.17, 15) is 4.79 Å². The van der Waals surface area contributed by atoms with Crippen LogP contribution in [0.4, 0.5) is 0 Å². The van der Waals surface area contributed by atoms with E-state index in [4.69, 9.17) is 0 Å². The molecule has 1 fully saturated rings. The van der Waals surface area contributed by atoms with Crippen molar-refractivity contribution in [1.29, 1.82) is 0 Å². The summed E-state index contributed by atoms with van der Waals surface area (Å²) in [6, 6.07) is 18.1. The third-order valence-corrected chi connectivity index (χ3v) is 3.52. The van der Waals surface area contributed by atoms with Crippen LogP contribution in [0.2, 0.25) is 0 Å². The van der Waals surface area contributed by atoms with E-state index >= 15 is 0 Å². The van der Waals surface area contributed by atoms with Crippen molar-refractivity contribution in [2.45, 2.75) is 0 Å². The molecule has 2 aromatic carbocycles. The zero-order valence-corrected chi connectivity index (χ0v) is 11.7. The molecule has 94 valence electrons. The summed E-state index contributed by atoms with van der Waals surface area (Å²) in [5.41, 5.74) is 5.99. The molecule has 2 aromatic rings. The first kappa shape index (κ1) is 12.1. The summed E-state index contributed by atoms with van der Waals surface area (Å²) >= 11 is 3.44. The fourth-order valence-electron chi connectivity index (χ4n) is 2.09. The summed E-state index contributed by atoms with van der Waals surface area (Å²) in [5, 5.41) is 0. The highest BCUT2D eigenvalue weighted by Crippen LogP contribution is 2.15. The van der Waals surface area contributed by atoms with Crippen molar-refractivity contribution in [1.82, 2.24) is 5.43 Å². The van der Waals surface area contributed by atoms with Crippen LogP contribution in [-0.4, -0.2) is 22.8 Å². The van der Waals surface area contributed by atoms with Crippen LogP contribution in [0.3, 0.4) is 0 Å². The number of amides is 1. The first-order chi connectivity index (χ1) is 9.24. The number of benzene rings is 2. The van der Waals surface area contributed by atoms with E-state index in [0.717, 1.165) is 21.3 Å². The Bertz CT molecular complexity index is 638. The van der Waals surface area contributed by atoms with E-state index in [1.54, 1.807) is 0 Å². The Morgan fingerprint density at radius 3 is 2.16 bits per heavy atom. The number of hydrogen-bond donors (Lipinski definition) is 1. The standard InChI is InChI=1S/C15H11BrN2O/c16-13-8-6-12(7-9-13)15(18-10-14(19)17-18)11-4-2-1-3-5-11/h1-9H,10H2/p+1/b18-15-. The van der Waals surface area contributed by atoms with Crippen molar-refractivity contribution in [3.8, 4) is 0 Å². The van der Waals surface area contributed by atoms with Crippen molar-refractivity contribution in [3.05, 3.63) is 70.2 Å². The molecule has 1 N–H and O–H groups in total. The minimum atomic E-state index is 0.0468. The topological polar surface area (TPSA) is 32.1 Å². The zero-order chi connectivity index (χ0) is 13.2. The van der Waals surface area contributed by atoms with Crippen LogP contribution >= 0.6 is 15.9 Å². The Morgan fingerprint density at radius 1 is 1.00 bits per heavy atom. The van der Waals surface area contributed by atoms with Gasteiger partial charge in [0.1, 0.15) is 0 Å². The van der Waals surface area contributed by atoms with Gasteiger partial charge in [0.2, 0.25) is 5.71 Å². The molecule has 1 aliphatic heterocycles. The Kier molecular flexibility index (Phi) is 3.17. The van der Waals surface area contributed by atoms with E-state index in [1.807, 2.05) is 59.3 Å². The third kappa shape index (κ3) is 2.44. The molecule has 3 rings (SSSR count). The molecule has 0 atom stereocenters. The van der Waals surface area contributed by atoms with E-state index in [1.165, 1.54) is 0 Å². The second-order valence-electron chi connectivity index (χ2n) is 4.34. The predicted molar refractivity (Wildman–Crippen MR) is 77.1 cm³/mol. The minimum Gasteiger partial charge on any atom is -0.262 e. The van der Waals surface area contributed by atoms with Gasteiger partial charge in [-0.3, -0.25) is 4.79 Å². The fraction of sp³-hybridized carbons (Fsp3) is 0.0667. The van der Waals surface area contributed by atoms with Gasteiger partial charge < -0.3 is 0 Å². The van der Waals surface area contributed by atoms with Gasteiger partial charge >= 0.3 is 5.91 Å². The minimum absolute atomic E-state index is 0.0468. The number of hydrazine groups is 1. The maximum Gasteiger partial charge on any atom is 0.342 e. The molecule has 0 aromatic heterocycles. The molecule has 19 heavy (non-hydrogen) atoms. The number of nitrogens with one attached hydrogen (secondary N) is 1. The molecule has 3 nitrogen and oxygen atoms in total. The number of nitrogens with zero attached hydrogens (tertiary/aromatic N) is 1. The van der Waals surface area contributed by atoms with Crippen molar-refractivity contribution >= 4 is 27.5 Å². The van der Waals surface area contributed by atoms with Crippen molar-refractivity contribution in [2.75, 3.05) is 6.54 Å². The first-order valence-electron chi connectivity index (χ1n) is 5.99. The Labute approximate surface area is 119 Å². The van der Waals surface area contributed by atoms with Crippen LogP contribution in [0, 0.1) is 0 Å². The van der Waals surface area contributed by atoms with Gasteiger partial charge in [-0.2, -0.15) is 0 Å². The highest BCUT2D eigenvalue weighted by atomic mass is 79.9. The lowest BCUT2D eigenvalue weighted by atomic mass is 10.0. The molecule has 1 aliphatic rings. The molecule has 0 bridgehead atoms. The average Bonchev–Trinajstić information content (AvgIpc) is 2.40. The molecule has 1 saturated heterocycles. The summed E-state index contributed by atoms with van der Waals surface area (Å²) in [5.74, 6) is 0.0468. The number of hydrazone groups is 1. The summed E-state index contributed by atoms with van der Waals surface area (Å²) in [4.78, 5) is 11.2. The predicted octanol–water partition coefficient (Wildman–Crippen LogP) is 2.34. The lowest BCUT2D eigenvalue weighted by Crippen LogP contribution is -2.55. The fourth-order valence-corrected chi connectivity index (χ4v) is 2.36. The molecule has 1 amide bonds. The number of carbonyl (C=O) groups is 1. The second kappa shape index (κ2) is 4.97. The Morgan fingerprint density at radius 2 is 1.58 bits per heavy atom. The monoisotopic (exact) mass is 315 g/mol. The van der Waals surface area contributed by atoms with Gasteiger partial charge in [0, 0.05) is 15.6 Å². The number of hydrogen-bond acceptors (Lipinski definition) is 1. The number of rotatable bonds is 2. The highest BCUT2D eigenvalue weighted by Gasteiger charge is 2.32. The lowest BCUT2D eigenvalue weighted by Gasteiger charge is -2.15. The van der Waals surface area contributed by atoms with Gasteiger partial charge in [-0.05, 0) is 36.4 Å². The summed E-state index contributed by atoms with van der Waals surface area (Å²) in [7, 11) is 0. The Balaban J connectivity index is 2.10. The van der Waals surface area contributed by atoms with E-state index in [-0.39, 0.29) is 5.91 Å². The molecular weight excluding hydrogens is 304 g/mol. The van der Waals surface area contributed by atoms with E-state index in [2.05, 4.69) is 21.4 Å². The Hall–Kier alpha value is -1.94. The van der Waals surface area contributed by atoms with E-state index < -0.39 is 0 Å². The zero-order valence-electron chi connectivity index (χ0n) is 10.1. The normalized spacial score (nSPS) is 16.6. The first-order valence-corrected chi connectivity index (χ1v) is 6.79. The van der Waals surface area contributed by atoms with Gasteiger partial charge in [0.25, 0.3) is 6.54 Å².